The Morgan fingerprint density at radius 2 is 2.00 bits per heavy atom. The van der Waals surface area contributed by atoms with Crippen molar-refractivity contribution in [1.29, 1.82) is 10.5 Å². The predicted molar refractivity (Wildman–Crippen MR) is 74.6 cm³/mol. The normalized spacial score (nSPS) is 11.8. The molecule has 0 heterocycles. The molecule has 1 aromatic carbocycles. The summed E-state index contributed by atoms with van der Waals surface area (Å²) in [7, 11) is 1.38. The lowest BCUT2D eigenvalue weighted by Crippen LogP contribution is -2.42. The standard InChI is InChI=1S/C14H15N5O2/c1-20-11-21-14(9-15,10-16)13(18-19-17)8-7-12-5-3-2-4-6-12/h2-6,13H,7-8,11H2,1H3. The van der Waals surface area contributed by atoms with Crippen LogP contribution in [-0.2, 0) is 15.9 Å². The summed E-state index contributed by atoms with van der Waals surface area (Å²) in [6.07, 6.45) is 0.880. The number of hydrogen-bond acceptors (Lipinski definition) is 5. The third-order valence-corrected chi connectivity index (χ3v) is 2.95. The van der Waals surface area contributed by atoms with Gasteiger partial charge >= 0.3 is 0 Å². The first-order valence-corrected chi connectivity index (χ1v) is 6.26. The van der Waals surface area contributed by atoms with E-state index in [1.165, 1.54) is 7.11 Å². The van der Waals surface area contributed by atoms with Gasteiger partial charge in [0.25, 0.3) is 5.60 Å². The predicted octanol–water partition coefficient (Wildman–Crippen LogP) is 2.70. The van der Waals surface area contributed by atoms with Gasteiger partial charge in [-0.15, -0.1) is 0 Å². The first kappa shape index (κ1) is 16.5. The molecule has 108 valence electrons. The molecule has 0 saturated carbocycles. The molecular formula is C14H15N5O2. The van der Waals surface area contributed by atoms with Gasteiger partial charge < -0.3 is 9.47 Å². The van der Waals surface area contributed by atoms with E-state index in [1.54, 1.807) is 12.1 Å². The van der Waals surface area contributed by atoms with Crippen LogP contribution in [0.25, 0.3) is 10.4 Å². The van der Waals surface area contributed by atoms with Crippen LogP contribution in [0.3, 0.4) is 0 Å². The molecule has 0 aliphatic rings. The summed E-state index contributed by atoms with van der Waals surface area (Å²) in [6.45, 7) is -0.232. The maximum Gasteiger partial charge on any atom is 0.251 e. The smallest absolute Gasteiger partial charge is 0.251 e. The van der Waals surface area contributed by atoms with Gasteiger partial charge in [0.2, 0.25) is 0 Å². The Morgan fingerprint density at radius 3 is 2.52 bits per heavy atom. The summed E-state index contributed by atoms with van der Waals surface area (Å²) in [5.74, 6) is 0. The van der Waals surface area contributed by atoms with Crippen LogP contribution in [-0.4, -0.2) is 25.5 Å². The van der Waals surface area contributed by atoms with Crippen LogP contribution in [0.1, 0.15) is 12.0 Å². The maximum absolute atomic E-state index is 9.26. The van der Waals surface area contributed by atoms with Crippen molar-refractivity contribution in [2.45, 2.75) is 24.5 Å². The van der Waals surface area contributed by atoms with E-state index in [9.17, 15) is 10.5 Å². The van der Waals surface area contributed by atoms with Crippen LogP contribution in [0.15, 0.2) is 35.4 Å². The van der Waals surface area contributed by atoms with Gasteiger partial charge in [-0.1, -0.05) is 35.4 Å². The van der Waals surface area contributed by atoms with E-state index in [0.29, 0.717) is 12.8 Å². The molecule has 0 radical (unpaired) electrons. The van der Waals surface area contributed by atoms with Crippen LogP contribution in [0.2, 0.25) is 0 Å². The summed E-state index contributed by atoms with van der Waals surface area (Å²) < 4.78 is 9.90. The van der Waals surface area contributed by atoms with Crippen LogP contribution < -0.4 is 0 Å². The van der Waals surface area contributed by atoms with Gasteiger partial charge in [0.05, 0.1) is 6.04 Å². The molecule has 0 spiro atoms. The zero-order valence-electron chi connectivity index (χ0n) is 11.6. The minimum absolute atomic E-state index is 0.232. The molecule has 0 fully saturated rings. The summed E-state index contributed by atoms with van der Waals surface area (Å²) in [4.78, 5) is 2.72. The Kier molecular flexibility index (Phi) is 6.73. The third-order valence-electron chi connectivity index (χ3n) is 2.95. The highest BCUT2D eigenvalue weighted by Crippen LogP contribution is 2.23. The van der Waals surface area contributed by atoms with Gasteiger partial charge in [-0.3, -0.25) is 0 Å². The van der Waals surface area contributed by atoms with Gasteiger partial charge in [-0.2, -0.15) is 10.5 Å². The number of methoxy groups -OCH3 is 1. The van der Waals surface area contributed by atoms with Gasteiger partial charge in [0, 0.05) is 12.0 Å². The third kappa shape index (κ3) is 4.48. The zero-order valence-corrected chi connectivity index (χ0v) is 11.6. The zero-order chi connectivity index (χ0) is 15.6. The second-order valence-electron chi connectivity index (χ2n) is 4.26. The number of aryl methyl sites for hydroxylation is 1. The van der Waals surface area contributed by atoms with E-state index < -0.39 is 11.6 Å². The first-order valence-electron chi connectivity index (χ1n) is 6.26. The Hall–Kier alpha value is -2.57. The van der Waals surface area contributed by atoms with Crippen LogP contribution in [0.4, 0.5) is 0 Å². The molecule has 0 amide bonds. The number of azide groups is 1. The summed E-state index contributed by atoms with van der Waals surface area (Å²) in [5, 5.41) is 22.1. The molecule has 0 saturated heterocycles. The Balaban J connectivity index is 2.90. The molecule has 0 aromatic heterocycles. The Morgan fingerprint density at radius 1 is 1.33 bits per heavy atom. The average molecular weight is 285 g/mol. The van der Waals surface area contributed by atoms with Gasteiger partial charge in [0.1, 0.15) is 18.9 Å². The quantitative estimate of drug-likeness (QED) is 0.316. The minimum Gasteiger partial charge on any atom is -0.359 e. The largest absolute Gasteiger partial charge is 0.359 e. The molecule has 0 aliphatic carbocycles. The van der Waals surface area contributed by atoms with Crippen molar-refractivity contribution < 1.29 is 9.47 Å². The molecule has 1 unspecified atom stereocenters. The monoisotopic (exact) mass is 285 g/mol. The fraction of sp³-hybridized carbons (Fsp3) is 0.429. The van der Waals surface area contributed by atoms with Crippen molar-refractivity contribution >= 4 is 0 Å². The molecule has 1 atom stereocenters. The molecule has 7 heteroatoms. The van der Waals surface area contributed by atoms with E-state index in [-0.39, 0.29) is 6.79 Å². The molecule has 1 aromatic rings. The number of rotatable bonds is 8. The Bertz CT molecular complexity index is 555. The maximum atomic E-state index is 9.26. The molecule has 0 aliphatic heterocycles. The second kappa shape index (κ2) is 8.57. The van der Waals surface area contributed by atoms with Crippen molar-refractivity contribution in [3.63, 3.8) is 0 Å². The molecule has 21 heavy (non-hydrogen) atoms. The molecule has 1 rings (SSSR count). The van der Waals surface area contributed by atoms with E-state index in [1.807, 2.05) is 30.3 Å². The lowest BCUT2D eigenvalue weighted by molar-refractivity contribution is -0.0898. The molecule has 7 nitrogen and oxygen atoms in total. The van der Waals surface area contributed by atoms with E-state index in [4.69, 9.17) is 15.0 Å². The van der Waals surface area contributed by atoms with Crippen LogP contribution in [0.5, 0.6) is 0 Å². The number of nitriles is 2. The van der Waals surface area contributed by atoms with Gasteiger partial charge in [-0.05, 0) is 23.9 Å². The number of nitrogens with zero attached hydrogens (tertiary/aromatic N) is 5. The highest BCUT2D eigenvalue weighted by atomic mass is 16.7. The number of benzene rings is 1. The Labute approximate surface area is 122 Å². The van der Waals surface area contributed by atoms with Gasteiger partial charge in [0.15, 0.2) is 0 Å². The SMILES string of the molecule is COCOC(C#N)(C#N)C(CCc1ccccc1)N=[N+]=[N-]. The lowest BCUT2D eigenvalue weighted by atomic mass is 9.92. The van der Waals surface area contributed by atoms with E-state index in [2.05, 4.69) is 10.0 Å². The van der Waals surface area contributed by atoms with Crippen molar-refractivity contribution in [2.75, 3.05) is 13.9 Å². The highest BCUT2D eigenvalue weighted by molar-refractivity contribution is 5.24. The second-order valence-corrected chi connectivity index (χ2v) is 4.26. The summed E-state index contributed by atoms with van der Waals surface area (Å²) in [5.41, 5.74) is 7.84. The van der Waals surface area contributed by atoms with Crippen LogP contribution in [0, 0.1) is 22.7 Å². The summed E-state index contributed by atoms with van der Waals surface area (Å²) >= 11 is 0. The van der Waals surface area contributed by atoms with Crippen molar-refractivity contribution in [1.82, 2.24) is 0 Å². The van der Waals surface area contributed by atoms with E-state index in [0.717, 1.165) is 5.56 Å². The fourth-order valence-corrected chi connectivity index (χ4v) is 1.84. The average Bonchev–Trinajstić information content (AvgIpc) is 2.54. The molecule has 0 N–H and O–H groups in total. The van der Waals surface area contributed by atoms with Crippen molar-refractivity contribution in [3.05, 3.63) is 46.3 Å². The number of ether oxygens (including phenoxy) is 2. The number of hydrogen-bond donors (Lipinski definition) is 0. The lowest BCUT2D eigenvalue weighted by Gasteiger charge is -2.25. The molecule has 0 bridgehead atoms. The fourth-order valence-electron chi connectivity index (χ4n) is 1.84. The van der Waals surface area contributed by atoms with E-state index >= 15 is 0 Å². The first-order chi connectivity index (χ1) is 10.2. The minimum atomic E-state index is -1.85. The van der Waals surface area contributed by atoms with Gasteiger partial charge in [-0.25, -0.2) is 0 Å². The topological polar surface area (TPSA) is 115 Å². The van der Waals surface area contributed by atoms with Crippen LogP contribution >= 0.6 is 0 Å². The van der Waals surface area contributed by atoms with Crippen molar-refractivity contribution in [3.8, 4) is 12.1 Å². The molecular weight excluding hydrogens is 270 g/mol. The summed E-state index contributed by atoms with van der Waals surface area (Å²) in [6, 6.07) is 12.2. The highest BCUT2D eigenvalue weighted by Gasteiger charge is 2.40. The van der Waals surface area contributed by atoms with Crippen molar-refractivity contribution in [2.24, 2.45) is 5.11 Å².